The molecule has 1 N–H and O–H groups in total. The number of piperidine rings is 2. The zero-order valence-corrected chi connectivity index (χ0v) is 39.6. The van der Waals surface area contributed by atoms with E-state index in [0.717, 1.165) is 104 Å². The van der Waals surface area contributed by atoms with Gasteiger partial charge in [-0.3, -0.25) is 25.6 Å². The molecule has 4 aromatic rings. The molecule has 1 aliphatic carbocycles. The molecular formula is C49H61LiN6O7S-2. The van der Waals surface area contributed by atoms with Crippen LogP contribution in [0.5, 0.6) is 17.2 Å². The normalized spacial score (nSPS) is 18.7. The van der Waals surface area contributed by atoms with Gasteiger partial charge in [0.05, 0.1) is 37.2 Å². The Labute approximate surface area is 395 Å². The Bertz CT molecular complexity index is 2300. The van der Waals surface area contributed by atoms with Gasteiger partial charge < -0.3 is 49.9 Å². The molecule has 4 heterocycles. The standard InChI is InChI=1S/C44H55N5O5S.C5H6NO2.Li/c1-8-13-44(22-35(23-44)54-34-10-9-31(29-55)33(18-34)28-50)14-17-47(4)25-30-11-15-49(16-12-30)27-39-40(52-6)19-32(20-41(39)53-7)38-26-48(5)43(51)37-24-45-42(46(2)3)21-36(37)38;7-4-2-1-3-5(8)6-4;/h9-10,18-21,24,26,30,35H,8,11-17,22-23,25,27H2,1-7H3;2H,1,3H2,(H,6,7,8);/q-2;-1;+1. The molecule has 2 aromatic heterocycles. The molecular weight excluding hydrogens is 824 g/mol. The maximum absolute atomic E-state index is 13.0. The number of hydrogen-bond acceptors (Lipinski definition) is 12. The third-order valence-corrected chi connectivity index (χ3v) is 12.9. The summed E-state index contributed by atoms with van der Waals surface area (Å²) in [4.78, 5) is 56.5. The van der Waals surface area contributed by atoms with Crippen molar-refractivity contribution in [2.24, 2.45) is 18.4 Å². The molecule has 15 heteroatoms. The van der Waals surface area contributed by atoms with Crippen molar-refractivity contribution in [3.05, 3.63) is 82.3 Å². The van der Waals surface area contributed by atoms with E-state index in [1.165, 1.54) is 19.3 Å². The predicted octanol–water partition coefficient (Wildman–Crippen LogP) is 3.56. The number of pyridine rings is 2. The first kappa shape index (κ1) is 50.3. The molecule has 0 spiro atoms. The van der Waals surface area contributed by atoms with Crippen LogP contribution >= 0.6 is 12.2 Å². The van der Waals surface area contributed by atoms with Gasteiger partial charge in [0.2, 0.25) is 5.91 Å². The van der Waals surface area contributed by atoms with Crippen molar-refractivity contribution in [2.75, 3.05) is 66.4 Å². The minimum absolute atomic E-state index is 0. The Kier molecular flexibility index (Phi) is 18.0. The van der Waals surface area contributed by atoms with Crippen LogP contribution in [-0.2, 0) is 28.0 Å². The number of amides is 2. The van der Waals surface area contributed by atoms with Gasteiger partial charge in [-0.1, -0.05) is 13.3 Å². The smallest absolute Gasteiger partial charge is 0.505 e. The number of ether oxygens (including phenoxy) is 3. The number of thiocarbonyl (C=S) groups is 1. The van der Waals surface area contributed by atoms with E-state index in [2.05, 4.69) is 51.6 Å². The number of nitrogens with zero attached hydrogens (tertiary/aromatic N) is 5. The van der Waals surface area contributed by atoms with Gasteiger partial charge in [0, 0.05) is 69.7 Å². The van der Waals surface area contributed by atoms with E-state index < -0.39 is 0 Å². The summed E-state index contributed by atoms with van der Waals surface area (Å²) in [6.07, 6.45) is 16.1. The van der Waals surface area contributed by atoms with Crippen LogP contribution in [0.25, 0.3) is 21.9 Å². The van der Waals surface area contributed by atoms with Gasteiger partial charge in [-0.15, -0.1) is 6.07 Å². The number of imide groups is 1. The fourth-order valence-corrected chi connectivity index (χ4v) is 9.41. The summed E-state index contributed by atoms with van der Waals surface area (Å²) >= 11 is 4.89. The third-order valence-electron chi connectivity index (χ3n) is 12.7. The van der Waals surface area contributed by atoms with E-state index in [1.54, 1.807) is 44.2 Å². The first-order chi connectivity index (χ1) is 30.3. The first-order valence-electron chi connectivity index (χ1n) is 21.9. The van der Waals surface area contributed by atoms with Crippen LogP contribution in [0.1, 0.15) is 81.4 Å². The number of carbonyl (C=O) groups is 2. The number of benzene rings is 2. The quantitative estimate of drug-likeness (QED) is 0.0720. The number of methoxy groups -OCH3 is 2. The number of hydrogen-bond donors (Lipinski definition) is 1. The number of likely N-dealkylation sites (tertiary alicyclic amines) is 1. The minimum Gasteiger partial charge on any atom is -0.505 e. The second kappa shape index (κ2) is 23.0. The van der Waals surface area contributed by atoms with E-state index >= 15 is 0 Å². The summed E-state index contributed by atoms with van der Waals surface area (Å²) in [7, 11) is 11.3. The van der Waals surface area contributed by atoms with E-state index in [4.69, 9.17) is 26.4 Å². The summed E-state index contributed by atoms with van der Waals surface area (Å²) in [6, 6.07) is 11.5. The van der Waals surface area contributed by atoms with E-state index in [9.17, 15) is 19.2 Å². The van der Waals surface area contributed by atoms with Crippen molar-refractivity contribution < 1.29 is 47.5 Å². The van der Waals surface area contributed by atoms with Crippen molar-refractivity contribution in [1.82, 2.24) is 24.7 Å². The number of rotatable bonds is 17. The Morgan fingerprint density at radius 3 is 2.27 bits per heavy atom. The van der Waals surface area contributed by atoms with Gasteiger partial charge >= 0.3 is 18.9 Å². The molecule has 3 fully saturated rings. The summed E-state index contributed by atoms with van der Waals surface area (Å²) in [5, 5.41) is 6.18. The SMILES string of the molecule is CCCC1(CCN(C)CC2CCN(Cc3c(OC)cc(-c4cn(C)c(=O)c5cnc(N(C)C)cc45)cc3OC)CC2)CC(Oc2ccc([C-]=S)c([C-]=O)c2)C1.O=C1[CH-]CCC(=O)N1.[Li+]. The molecule has 0 radical (unpaired) electrons. The van der Waals surface area contributed by atoms with Crippen molar-refractivity contribution in [3.63, 3.8) is 0 Å². The number of fused-ring (bicyclic) bond motifs is 1. The fraction of sp³-hybridized carbons (Fsp3) is 0.490. The van der Waals surface area contributed by atoms with Gasteiger partial charge in [-0.2, -0.15) is 30.1 Å². The number of carbonyl (C=O) groups excluding carboxylic acids is 3. The largest absolute Gasteiger partial charge is 1.00 e. The molecule has 338 valence electrons. The number of aromatic nitrogens is 2. The second-order valence-corrected chi connectivity index (χ2v) is 17.7. The van der Waals surface area contributed by atoms with Crippen LogP contribution in [0.3, 0.4) is 0 Å². The van der Waals surface area contributed by atoms with Crippen molar-refractivity contribution >= 4 is 52.3 Å². The van der Waals surface area contributed by atoms with E-state index in [-0.39, 0.29) is 42.3 Å². The van der Waals surface area contributed by atoms with Crippen molar-refractivity contribution in [1.29, 1.82) is 0 Å². The molecule has 2 aromatic carbocycles. The molecule has 2 amide bonds. The average Bonchev–Trinajstić information content (AvgIpc) is 3.26. The Hall–Kier alpha value is -4.71. The first-order valence-corrected chi connectivity index (χ1v) is 22.3. The zero-order chi connectivity index (χ0) is 45.3. The van der Waals surface area contributed by atoms with Crippen LogP contribution in [0, 0.1) is 17.8 Å². The number of aryl methyl sites for hydroxylation is 1. The van der Waals surface area contributed by atoms with Crippen LogP contribution in [-0.4, -0.2) is 110 Å². The monoisotopic (exact) mass is 884 g/mol. The third kappa shape index (κ3) is 12.3. The van der Waals surface area contributed by atoms with Gasteiger partial charge in [0.1, 0.15) is 17.3 Å². The fourth-order valence-electron chi connectivity index (χ4n) is 9.23. The van der Waals surface area contributed by atoms with E-state index in [1.807, 2.05) is 43.6 Å². The average molecular weight is 885 g/mol. The van der Waals surface area contributed by atoms with Crippen LogP contribution < -0.4 is 48.8 Å². The van der Waals surface area contributed by atoms with Gasteiger partial charge in [0.15, 0.2) is 0 Å². The second-order valence-electron chi connectivity index (χ2n) is 17.5. The van der Waals surface area contributed by atoms with Crippen molar-refractivity contribution in [2.45, 2.75) is 77.4 Å². The number of anilines is 1. The minimum atomic E-state index is -0.263. The molecule has 64 heavy (non-hydrogen) atoms. The topological polar surface area (TPSA) is 136 Å². The van der Waals surface area contributed by atoms with Crippen molar-refractivity contribution in [3.8, 4) is 28.4 Å². The Balaban J connectivity index is 0.000000772. The predicted molar refractivity (Wildman–Crippen MR) is 251 cm³/mol. The molecule has 0 unspecified atom stereocenters. The van der Waals surface area contributed by atoms with E-state index in [0.29, 0.717) is 46.4 Å². The molecule has 0 bridgehead atoms. The number of nitrogens with one attached hydrogen (secondary N) is 1. The maximum atomic E-state index is 13.0. The maximum Gasteiger partial charge on any atom is 1.00 e. The van der Waals surface area contributed by atoms with Crippen LogP contribution in [0.15, 0.2) is 53.6 Å². The van der Waals surface area contributed by atoms with Gasteiger partial charge in [-0.05, 0) is 107 Å². The molecule has 2 aliphatic heterocycles. The summed E-state index contributed by atoms with van der Waals surface area (Å²) in [5.74, 6) is 3.26. The van der Waals surface area contributed by atoms with Gasteiger partial charge in [-0.25, -0.2) is 11.1 Å². The van der Waals surface area contributed by atoms with Crippen LogP contribution in [0.2, 0.25) is 0 Å². The van der Waals surface area contributed by atoms with Crippen LogP contribution in [0.4, 0.5) is 5.82 Å². The molecule has 7 rings (SSSR count). The molecule has 0 atom stereocenters. The summed E-state index contributed by atoms with van der Waals surface area (Å²) in [6.45, 7) is 7.23. The summed E-state index contributed by atoms with van der Waals surface area (Å²) in [5.41, 5.74) is 4.08. The Morgan fingerprint density at radius 1 is 0.984 bits per heavy atom. The zero-order valence-electron chi connectivity index (χ0n) is 38.8. The molecule has 1 saturated carbocycles. The molecule has 2 saturated heterocycles. The Morgan fingerprint density at radius 2 is 1.69 bits per heavy atom. The summed E-state index contributed by atoms with van der Waals surface area (Å²) < 4.78 is 19.9. The van der Waals surface area contributed by atoms with Gasteiger partial charge in [0.25, 0.3) is 5.56 Å². The molecule has 3 aliphatic rings. The molecule has 13 nitrogen and oxygen atoms in total.